The second-order valence-corrected chi connectivity index (χ2v) is 3.62. The first-order chi connectivity index (χ1) is 8.15. The van der Waals surface area contributed by atoms with Crippen LogP contribution < -0.4 is 11.1 Å². The predicted octanol–water partition coefficient (Wildman–Crippen LogP) is 3.04. The first-order valence-corrected chi connectivity index (χ1v) is 5.64. The van der Waals surface area contributed by atoms with E-state index in [2.05, 4.69) is 5.32 Å². The Labute approximate surface area is 100.0 Å². The van der Waals surface area contributed by atoms with Crippen LogP contribution in [0.2, 0.25) is 0 Å². The first kappa shape index (κ1) is 13.7. The smallest absolute Gasteiger partial charge is 0.265 e. The Kier molecular flexibility index (Phi) is 5.69. The van der Waals surface area contributed by atoms with Gasteiger partial charge >= 0.3 is 0 Å². The van der Waals surface area contributed by atoms with E-state index < -0.39 is 6.43 Å². The highest BCUT2D eigenvalue weighted by Gasteiger charge is 2.12. The minimum absolute atomic E-state index is 0.0543. The number of hydrogen-bond donors (Lipinski definition) is 2. The third kappa shape index (κ3) is 4.56. The maximum atomic E-state index is 12.7. The van der Waals surface area contributed by atoms with Crippen molar-refractivity contribution in [3.05, 3.63) is 23.8 Å². The third-order valence-corrected chi connectivity index (χ3v) is 2.30. The Morgan fingerprint density at radius 1 is 1.41 bits per heavy atom. The molecule has 0 saturated carbocycles. The molecule has 17 heavy (non-hydrogen) atoms. The van der Waals surface area contributed by atoms with Crippen LogP contribution in [0.3, 0.4) is 0 Å². The SMILES string of the molecule is CCOCCCNc1ccc(N)cc1C(F)F. The van der Waals surface area contributed by atoms with Crippen molar-refractivity contribution in [1.29, 1.82) is 0 Å². The molecule has 0 heterocycles. The quantitative estimate of drug-likeness (QED) is 0.572. The van der Waals surface area contributed by atoms with Gasteiger partial charge in [-0.15, -0.1) is 0 Å². The number of nitrogens with two attached hydrogens (primary N) is 1. The van der Waals surface area contributed by atoms with Crippen LogP contribution in [0.25, 0.3) is 0 Å². The number of halogens is 2. The van der Waals surface area contributed by atoms with Crippen LogP contribution in [0, 0.1) is 0 Å². The molecule has 0 aliphatic rings. The summed E-state index contributed by atoms with van der Waals surface area (Å²) < 4.78 is 30.6. The number of hydrogen-bond acceptors (Lipinski definition) is 3. The van der Waals surface area contributed by atoms with Crippen molar-refractivity contribution in [3.63, 3.8) is 0 Å². The molecule has 1 aromatic rings. The monoisotopic (exact) mass is 244 g/mol. The summed E-state index contributed by atoms with van der Waals surface area (Å²) >= 11 is 0. The highest BCUT2D eigenvalue weighted by Crippen LogP contribution is 2.28. The normalized spacial score (nSPS) is 10.8. The van der Waals surface area contributed by atoms with E-state index in [4.69, 9.17) is 10.5 Å². The number of alkyl halides is 2. The highest BCUT2D eigenvalue weighted by molar-refractivity contribution is 5.58. The van der Waals surface area contributed by atoms with E-state index in [1.165, 1.54) is 6.07 Å². The summed E-state index contributed by atoms with van der Waals surface area (Å²) in [6.45, 7) is 3.82. The summed E-state index contributed by atoms with van der Waals surface area (Å²) in [7, 11) is 0. The maximum Gasteiger partial charge on any atom is 0.265 e. The van der Waals surface area contributed by atoms with E-state index in [0.717, 1.165) is 6.42 Å². The molecule has 0 radical (unpaired) electrons. The molecular weight excluding hydrogens is 226 g/mol. The van der Waals surface area contributed by atoms with Gasteiger partial charge in [0.15, 0.2) is 0 Å². The van der Waals surface area contributed by atoms with Crippen molar-refractivity contribution >= 4 is 11.4 Å². The number of nitrogens with one attached hydrogen (secondary N) is 1. The minimum atomic E-state index is -2.52. The van der Waals surface area contributed by atoms with E-state index >= 15 is 0 Å². The van der Waals surface area contributed by atoms with Gasteiger partial charge < -0.3 is 15.8 Å². The molecule has 0 spiro atoms. The van der Waals surface area contributed by atoms with Gasteiger partial charge in [0, 0.05) is 36.7 Å². The van der Waals surface area contributed by atoms with Crippen LogP contribution in [0.15, 0.2) is 18.2 Å². The zero-order chi connectivity index (χ0) is 12.7. The lowest BCUT2D eigenvalue weighted by Gasteiger charge is -2.12. The molecule has 0 atom stereocenters. The van der Waals surface area contributed by atoms with Gasteiger partial charge in [-0.1, -0.05) is 0 Å². The van der Waals surface area contributed by atoms with E-state index in [9.17, 15) is 8.78 Å². The summed E-state index contributed by atoms with van der Waals surface area (Å²) in [4.78, 5) is 0. The van der Waals surface area contributed by atoms with E-state index in [1.54, 1.807) is 12.1 Å². The standard InChI is InChI=1S/C12H18F2N2O/c1-2-17-7-3-6-16-11-5-4-9(15)8-10(11)12(13)14/h4-5,8,12,16H,2-3,6-7,15H2,1H3. The molecule has 0 saturated heterocycles. The van der Waals surface area contributed by atoms with Crippen LogP contribution in [0.4, 0.5) is 20.2 Å². The van der Waals surface area contributed by atoms with Crippen molar-refractivity contribution in [1.82, 2.24) is 0 Å². The molecule has 0 unspecified atom stereocenters. The van der Waals surface area contributed by atoms with Gasteiger partial charge in [-0.3, -0.25) is 0 Å². The molecule has 0 aliphatic heterocycles. The van der Waals surface area contributed by atoms with Crippen LogP contribution in [0.1, 0.15) is 25.3 Å². The molecule has 1 aromatic carbocycles. The average Bonchev–Trinajstić information content (AvgIpc) is 2.30. The molecule has 0 fully saturated rings. The third-order valence-electron chi connectivity index (χ3n) is 2.30. The minimum Gasteiger partial charge on any atom is -0.399 e. The Hall–Kier alpha value is -1.36. The Bertz CT molecular complexity index is 345. The van der Waals surface area contributed by atoms with Crippen molar-refractivity contribution in [2.45, 2.75) is 19.8 Å². The fourth-order valence-electron chi connectivity index (χ4n) is 1.46. The van der Waals surface area contributed by atoms with Gasteiger partial charge in [-0.2, -0.15) is 0 Å². The van der Waals surface area contributed by atoms with Crippen molar-refractivity contribution in [2.24, 2.45) is 0 Å². The van der Waals surface area contributed by atoms with E-state index in [-0.39, 0.29) is 5.56 Å². The maximum absolute atomic E-state index is 12.7. The number of rotatable bonds is 7. The van der Waals surface area contributed by atoms with Gasteiger partial charge in [-0.25, -0.2) is 8.78 Å². The molecule has 0 bridgehead atoms. The van der Waals surface area contributed by atoms with Gasteiger partial charge in [0.1, 0.15) is 0 Å². The lowest BCUT2D eigenvalue weighted by atomic mass is 10.1. The van der Waals surface area contributed by atoms with Gasteiger partial charge in [0.25, 0.3) is 6.43 Å². The molecule has 0 aromatic heterocycles. The van der Waals surface area contributed by atoms with Crippen LogP contribution >= 0.6 is 0 Å². The van der Waals surface area contributed by atoms with Crippen LogP contribution in [-0.2, 0) is 4.74 Å². The van der Waals surface area contributed by atoms with E-state index in [0.29, 0.717) is 31.1 Å². The van der Waals surface area contributed by atoms with Crippen molar-refractivity contribution < 1.29 is 13.5 Å². The second kappa shape index (κ2) is 7.06. The Balaban J connectivity index is 2.52. The average molecular weight is 244 g/mol. The Morgan fingerprint density at radius 3 is 2.82 bits per heavy atom. The van der Waals surface area contributed by atoms with Crippen LogP contribution in [0.5, 0.6) is 0 Å². The summed E-state index contributed by atoms with van der Waals surface area (Å²) in [6.07, 6.45) is -1.74. The summed E-state index contributed by atoms with van der Waals surface area (Å²) in [5, 5.41) is 2.97. The first-order valence-electron chi connectivity index (χ1n) is 5.64. The fraction of sp³-hybridized carbons (Fsp3) is 0.500. The zero-order valence-corrected chi connectivity index (χ0v) is 9.88. The van der Waals surface area contributed by atoms with E-state index in [1.807, 2.05) is 6.92 Å². The largest absolute Gasteiger partial charge is 0.399 e. The van der Waals surface area contributed by atoms with Crippen molar-refractivity contribution in [3.8, 4) is 0 Å². The molecule has 0 aliphatic carbocycles. The molecule has 0 amide bonds. The van der Waals surface area contributed by atoms with Gasteiger partial charge in [-0.05, 0) is 31.5 Å². The number of benzene rings is 1. The molecule has 3 N–H and O–H groups in total. The lowest BCUT2D eigenvalue weighted by molar-refractivity contribution is 0.147. The predicted molar refractivity (Wildman–Crippen MR) is 65.4 cm³/mol. The summed E-state index contributed by atoms with van der Waals surface area (Å²) in [5.41, 5.74) is 6.21. The topological polar surface area (TPSA) is 47.3 Å². The summed E-state index contributed by atoms with van der Waals surface area (Å²) in [5.74, 6) is 0. The Morgan fingerprint density at radius 2 is 2.18 bits per heavy atom. The molecule has 5 heteroatoms. The van der Waals surface area contributed by atoms with Gasteiger partial charge in [0.2, 0.25) is 0 Å². The van der Waals surface area contributed by atoms with Gasteiger partial charge in [0.05, 0.1) is 0 Å². The second-order valence-electron chi connectivity index (χ2n) is 3.62. The molecular formula is C12H18F2N2O. The molecule has 96 valence electrons. The molecule has 1 rings (SSSR count). The number of nitrogen functional groups attached to an aromatic ring is 1. The number of ether oxygens (including phenoxy) is 1. The highest BCUT2D eigenvalue weighted by atomic mass is 19.3. The summed E-state index contributed by atoms with van der Waals surface area (Å²) in [6, 6.07) is 4.49. The lowest BCUT2D eigenvalue weighted by Crippen LogP contribution is -2.08. The number of anilines is 2. The van der Waals surface area contributed by atoms with Crippen LogP contribution in [-0.4, -0.2) is 19.8 Å². The van der Waals surface area contributed by atoms with Crippen molar-refractivity contribution in [2.75, 3.05) is 30.8 Å². The zero-order valence-electron chi connectivity index (χ0n) is 9.88. The molecule has 3 nitrogen and oxygen atoms in total. The fourth-order valence-corrected chi connectivity index (χ4v) is 1.46.